The minimum Gasteiger partial charge on any atom is -0.310 e. The first kappa shape index (κ1) is 13.5. The fourth-order valence-corrected chi connectivity index (χ4v) is 4.02. The molecule has 1 aromatic carbocycles. The Labute approximate surface area is 117 Å². The van der Waals surface area contributed by atoms with Crippen LogP contribution in [-0.4, -0.2) is 12.3 Å². The van der Waals surface area contributed by atoms with Crippen LogP contribution in [-0.2, 0) is 5.75 Å². The minimum absolute atomic E-state index is 0.389. The number of benzene rings is 1. The largest absolute Gasteiger partial charge is 0.310 e. The van der Waals surface area contributed by atoms with E-state index < -0.39 is 0 Å². The summed E-state index contributed by atoms with van der Waals surface area (Å²) in [6.45, 7) is 5.40. The van der Waals surface area contributed by atoms with Crippen LogP contribution in [0.5, 0.6) is 0 Å². The zero-order valence-corrected chi connectivity index (χ0v) is 12.4. The SMILES string of the molecule is CCNC1c2ccc(Cl)c(Cl)c2CSCC1C. The summed E-state index contributed by atoms with van der Waals surface area (Å²) < 4.78 is 0. The van der Waals surface area contributed by atoms with Crippen LogP contribution in [0.4, 0.5) is 0 Å². The van der Waals surface area contributed by atoms with Crippen LogP contribution >= 0.6 is 35.0 Å². The minimum atomic E-state index is 0.389. The Morgan fingerprint density at radius 1 is 1.41 bits per heavy atom. The molecule has 1 aliphatic rings. The monoisotopic (exact) mass is 289 g/mol. The zero-order chi connectivity index (χ0) is 12.4. The molecule has 17 heavy (non-hydrogen) atoms. The molecule has 1 aromatic rings. The van der Waals surface area contributed by atoms with Crippen LogP contribution in [0, 0.1) is 5.92 Å². The number of hydrogen-bond acceptors (Lipinski definition) is 2. The molecule has 0 amide bonds. The van der Waals surface area contributed by atoms with Crippen molar-refractivity contribution >= 4 is 35.0 Å². The van der Waals surface area contributed by atoms with E-state index in [0.29, 0.717) is 17.0 Å². The standard InChI is InChI=1S/C13H17Cl2NS/c1-3-16-13-8(2)6-17-7-10-9(13)4-5-11(14)12(10)15/h4-5,8,13,16H,3,6-7H2,1-2H3. The van der Waals surface area contributed by atoms with Crippen LogP contribution in [0.25, 0.3) is 0 Å². The Morgan fingerprint density at radius 2 is 2.18 bits per heavy atom. The van der Waals surface area contributed by atoms with Crippen molar-refractivity contribution in [1.82, 2.24) is 5.32 Å². The molecule has 94 valence electrons. The molecule has 0 spiro atoms. The molecule has 2 atom stereocenters. The average molecular weight is 290 g/mol. The predicted octanol–water partition coefficient (Wildman–Crippen LogP) is 4.53. The van der Waals surface area contributed by atoms with Crippen LogP contribution in [0.3, 0.4) is 0 Å². The van der Waals surface area contributed by atoms with Crippen molar-refractivity contribution in [2.45, 2.75) is 25.6 Å². The van der Waals surface area contributed by atoms with Gasteiger partial charge in [-0.15, -0.1) is 0 Å². The summed E-state index contributed by atoms with van der Waals surface area (Å²) >= 11 is 14.4. The highest BCUT2D eigenvalue weighted by atomic mass is 35.5. The molecule has 4 heteroatoms. The summed E-state index contributed by atoms with van der Waals surface area (Å²) in [4.78, 5) is 0. The van der Waals surface area contributed by atoms with E-state index in [9.17, 15) is 0 Å². The van der Waals surface area contributed by atoms with Gasteiger partial charge in [0.2, 0.25) is 0 Å². The lowest BCUT2D eigenvalue weighted by Crippen LogP contribution is -2.27. The maximum Gasteiger partial charge on any atom is 0.0636 e. The molecule has 0 radical (unpaired) electrons. The van der Waals surface area contributed by atoms with Gasteiger partial charge in [-0.05, 0) is 35.4 Å². The summed E-state index contributed by atoms with van der Waals surface area (Å²) in [5.74, 6) is 2.72. The number of rotatable bonds is 2. The van der Waals surface area contributed by atoms with Gasteiger partial charge in [-0.1, -0.05) is 43.1 Å². The molecule has 1 N–H and O–H groups in total. The second-order valence-electron chi connectivity index (χ2n) is 4.46. The van der Waals surface area contributed by atoms with Crippen molar-refractivity contribution in [2.75, 3.05) is 12.3 Å². The predicted molar refractivity (Wildman–Crippen MR) is 78.2 cm³/mol. The summed E-state index contributed by atoms with van der Waals surface area (Å²) in [6.07, 6.45) is 0. The average Bonchev–Trinajstić information content (AvgIpc) is 2.46. The third kappa shape index (κ3) is 2.76. The molecule has 0 saturated heterocycles. The van der Waals surface area contributed by atoms with E-state index in [4.69, 9.17) is 23.2 Å². The molecular formula is C13H17Cl2NS. The summed E-state index contributed by atoms with van der Waals surface area (Å²) in [5.41, 5.74) is 2.53. The molecule has 0 fully saturated rings. The van der Waals surface area contributed by atoms with Gasteiger partial charge in [0.25, 0.3) is 0 Å². The van der Waals surface area contributed by atoms with Gasteiger partial charge in [-0.2, -0.15) is 11.8 Å². The van der Waals surface area contributed by atoms with Crippen molar-refractivity contribution < 1.29 is 0 Å². The van der Waals surface area contributed by atoms with Gasteiger partial charge < -0.3 is 5.32 Å². The van der Waals surface area contributed by atoms with Gasteiger partial charge >= 0.3 is 0 Å². The molecule has 1 nitrogen and oxygen atoms in total. The molecule has 2 rings (SSSR count). The number of fused-ring (bicyclic) bond motifs is 1. The molecule has 1 heterocycles. The Morgan fingerprint density at radius 3 is 2.88 bits per heavy atom. The number of hydrogen-bond donors (Lipinski definition) is 1. The lowest BCUT2D eigenvalue weighted by Gasteiger charge is -2.24. The number of nitrogens with one attached hydrogen (secondary N) is 1. The van der Waals surface area contributed by atoms with Crippen LogP contribution < -0.4 is 5.32 Å². The van der Waals surface area contributed by atoms with Crippen molar-refractivity contribution in [1.29, 1.82) is 0 Å². The van der Waals surface area contributed by atoms with E-state index in [1.54, 1.807) is 0 Å². The number of halogens is 2. The first-order valence-corrected chi connectivity index (χ1v) is 7.84. The second kappa shape index (κ2) is 5.83. The molecule has 2 unspecified atom stereocenters. The molecule has 0 aromatic heterocycles. The normalized spacial score (nSPS) is 24.2. The third-order valence-electron chi connectivity index (χ3n) is 3.19. The highest BCUT2D eigenvalue weighted by molar-refractivity contribution is 7.98. The molecule has 0 aliphatic carbocycles. The second-order valence-corrected chi connectivity index (χ2v) is 6.27. The third-order valence-corrected chi connectivity index (χ3v) is 5.29. The lowest BCUT2D eigenvalue weighted by molar-refractivity contribution is 0.428. The van der Waals surface area contributed by atoms with E-state index in [0.717, 1.165) is 23.1 Å². The van der Waals surface area contributed by atoms with Crippen molar-refractivity contribution in [2.24, 2.45) is 5.92 Å². The van der Waals surface area contributed by atoms with Crippen LogP contribution in [0.2, 0.25) is 10.0 Å². The van der Waals surface area contributed by atoms with Crippen molar-refractivity contribution in [3.05, 3.63) is 33.3 Å². The van der Waals surface area contributed by atoms with Crippen LogP contribution in [0.15, 0.2) is 12.1 Å². The maximum absolute atomic E-state index is 6.32. The Balaban J connectivity index is 2.47. The lowest BCUT2D eigenvalue weighted by atomic mass is 9.92. The topological polar surface area (TPSA) is 12.0 Å². The molecule has 0 saturated carbocycles. The van der Waals surface area contributed by atoms with E-state index >= 15 is 0 Å². The Kier molecular flexibility index (Phi) is 4.65. The van der Waals surface area contributed by atoms with Gasteiger partial charge in [0.05, 0.1) is 10.0 Å². The Hall–Kier alpha value is 0.110. The fraction of sp³-hybridized carbons (Fsp3) is 0.538. The molecular weight excluding hydrogens is 273 g/mol. The maximum atomic E-state index is 6.32. The smallest absolute Gasteiger partial charge is 0.0636 e. The van der Waals surface area contributed by atoms with Crippen molar-refractivity contribution in [3.8, 4) is 0 Å². The van der Waals surface area contributed by atoms with Gasteiger partial charge in [0.15, 0.2) is 0 Å². The van der Waals surface area contributed by atoms with Gasteiger partial charge in [0.1, 0.15) is 0 Å². The molecule has 1 aliphatic heterocycles. The first-order valence-electron chi connectivity index (χ1n) is 5.93. The Bertz CT molecular complexity index is 409. The van der Waals surface area contributed by atoms with E-state index in [1.807, 2.05) is 17.8 Å². The molecule has 0 bridgehead atoms. The summed E-state index contributed by atoms with van der Waals surface area (Å²) in [6, 6.07) is 4.43. The van der Waals surface area contributed by atoms with Gasteiger partial charge in [-0.3, -0.25) is 0 Å². The fourth-order valence-electron chi connectivity index (χ4n) is 2.33. The summed E-state index contributed by atoms with van der Waals surface area (Å²) in [7, 11) is 0. The van der Waals surface area contributed by atoms with E-state index in [-0.39, 0.29) is 0 Å². The van der Waals surface area contributed by atoms with E-state index in [2.05, 4.69) is 25.2 Å². The quantitative estimate of drug-likeness (QED) is 0.859. The number of thioether (sulfide) groups is 1. The van der Waals surface area contributed by atoms with Gasteiger partial charge in [0, 0.05) is 11.8 Å². The van der Waals surface area contributed by atoms with Crippen molar-refractivity contribution in [3.63, 3.8) is 0 Å². The summed E-state index contributed by atoms with van der Waals surface area (Å²) in [5, 5.41) is 4.96. The van der Waals surface area contributed by atoms with Crippen LogP contribution in [0.1, 0.15) is 31.0 Å². The van der Waals surface area contributed by atoms with E-state index in [1.165, 1.54) is 11.1 Å². The first-order chi connectivity index (χ1) is 8.15. The highest BCUT2D eigenvalue weighted by Crippen LogP contribution is 2.40. The zero-order valence-electron chi connectivity index (χ0n) is 10.1. The van der Waals surface area contributed by atoms with Gasteiger partial charge in [-0.25, -0.2) is 0 Å². The highest BCUT2D eigenvalue weighted by Gasteiger charge is 2.26.